The van der Waals surface area contributed by atoms with E-state index in [-0.39, 0.29) is 12.8 Å². The van der Waals surface area contributed by atoms with E-state index in [4.69, 9.17) is 4.52 Å². The molecule has 0 amide bonds. The molecule has 1 N–H and O–H groups in total. The van der Waals surface area contributed by atoms with E-state index in [0.29, 0.717) is 0 Å². The molecule has 0 radical (unpaired) electrons. The first-order valence-electron chi connectivity index (χ1n) is 5.12. The van der Waals surface area contributed by atoms with E-state index in [0.717, 1.165) is 17.5 Å². The third-order valence-electron chi connectivity index (χ3n) is 2.20. The second kappa shape index (κ2) is 5.45. The maximum absolute atomic E-state index is 11.6. The van der Waals surface area contributed by atoms with Crippen LogP contribution in [0.1, 0.15) is 25.0 Å². The van der Waals surface area contributed by atoms with Crippen LogP contribution >= 0.6 is 7.60 Å². The van der Waals surface area contributed by atoms with Gasteiger partial charge in [-0.25, -0.2) is 0 Å². The van der Waals surface area contributed by atoms with Crippen molar-refractivity contribution in [3.8, 4) is 0 Å². The highest BCUT2D eigenvalue weighted by molar-refractivity contribution is 7.51. The van der Waals surface area contributed by atoms with Crippen molar-refractivity contribution >= 4 is 7.60 Å². The first kappa shape index (κ1) is 12.4. The first-order valence-corrected chi connectivity index (χ1v) is 6.88. The molecule has 1 aromatic rings. The van der Waals surface area contributed by atoms with Crippen LogP contribution in [0.15, 0.2) is 24.3 Å². The van der Waals surface area contributed by atoms with Crippen LogP contribution in [0.25, 0.3) is 0 Å². The highest BCUT2D eigenvalue weighted by Crippen LogP contribution is 2.45. The lowest BCUT2D eigenvalue weighted by Gasteiger charge is -2.13. The number of rotatable bonds is 5. The number of hydrogen-bond donors (Lipinski definition) is 1. The molecule has 0 saturated carbocycles. The second-order valence-electron chi connectivity index (χ2n) is 3.34. The quantitative estimate of drug-likeness (QED) is 0.788. The Labute approximate surface area is 90.6 Å². The normalized spacial score (nSPS) is 14.9. The lowest BCUT2D eigenvalue weighted by molar-refractivity contribution is 0.272. The summed E-state index contributed by atoms with van der Waals surface area (Å²) < 4.78 is 16.4. The minimum Gasteiger partial charge on any atom is -0.324 e. The Morgan fingerprint density at radius 3 is 2.40 bits per heavy atom. The Kier molecular flexibility index (Phi) is 4.52. The summed E-state index contributed by atoms with van der Waals surface area (Å²) in [6, 6.07) is 7.66. The van der Waals surface area contributed by atoms with Gasteiger partial charge in [0.2, 0.25) is 0 Å². The van der Waals surface area contributed by atoms with Crippen molar-refractivity contribution in [3.05, 3.63) is 35.4 Å². The lowest BCUT2D eigenvalue weighted by Crippen LogP contribution is -1.96. The maximum Gasteiger partial charge on any atom is 0.332 e. The topological polar surface area (TPSA) is 46.5 Å². The molecule has 0 fully saturated rings. The molecule has 0 spiro atoms. The molecule has 0 aliphatic rings. The average molecular weight is 228 g/mol. The molecule has 1 rings (SSSR count). The third-order valence-corrected chi connectivity index (χ3v) is 3.60. The van der Waals surface area contributed by atoms with Crippen LogP contribution in [0.3, 0.4) is 0 Å². The summed E-state index contributed by atoms with van der Waals surface area (Å²) in [5.41, 5.74) is 2.01. The van der Waals surface area contributed by atoms with Crippen LogP contribution < -0.4 is 0 Å². The number of aryl methyl sites for hydroxylation is 1. The van der Waals surface area contributed by atoms with Gasteiger partial charge in [0.05, 0.1) is 12.8 Å². The zero-order chi connectivity index (χ0) is 11.3. The molecule has 3 nitrogen and oxygen atoms in total. The van der Waals surface area contributed by atoms with Gasteiger partial charge in [-0.05, 0) is 24.5 Å². The minimum absolute atomic E-state index is 0.102. The van der Waals surface area contributed by atoms with Crippen molar-refractivity contribution in [3.63, 3.8) is 0 Å². The average Bonchev–Trinajstić information content (AvgIpc) is 2.17. The van der Waals surface area contributed by atoms with Gasteiger partial charge in [0.25, 0.3) is 0 Å². The summed E-state index contributed by atoms with van der Waals surface area (Å²) in [5, 5.41) is 0. The molecule has 1 unspecified atom stereocenters. The van der Waals surface area contributed by atoms with Gasteiger partial charge in [-0.3, -0.25) is 4.57 Å². The van der Waals surface area contributed by atoms with Gasteiger partial charge in [0, 0.05) is 0 Å². The monoisotopic (exact) mass is 228 g/mol. The van der Waals surface area contributed by atoms with Crippen molar-refractivity contribution in [1.29, 1.82) is 0 Å². The van der Waals surface area contributed by atoms with Gasteiger partial charge in [-0.2, -0.15) is 0 Å². The van der Waals surface area contributed by atoms with Crippen LogP contribution in [0.2, 0.25) is 0 Å². The predicted molar refractivity (Wildman–Crippen MR) is 61.0 cm³/mol. The van der Waals surface area contributed by atoms with Gasteiger partial charge in [-0.15, -0.1) is 0 Å². The van der Waals surface area contributed by atoms with Gasteiger partial charge < -0.3 is 9.42 Å². The van der Waals surface area contributed by atoms with Crippen molar-refractivity contribution in [1.82, 2.24) is 0 Å². The van der Waals surface area contributed by atoms with E-state index in [1.54, 1.807) is 6.92 Å². The standard InChI is InChI=1S/C11H17O3P/c1-3-10-7-5-6-8-11(10)9-15(12,13)14-4-2/h5-8H,3-4,9H2,1-2H3,(H,12,13). The summed E-state index contributed by atoms with van der Waals surface area (Å²) >= 11 is 0. The molecule has 1 aromatic carbocycles. The zero-order valence-corrected chi connectivity index (χ0v) is 10.0. The molecule has 0 aromatic heterocycles. The molecule has 4 heteroatoms. The Morgan fingerprint density at radius 2 is 1.87 bits per heavy atom. The van der Waals surface area contributed by atoms with E-state index in [9.17, 15) is 9.46 Å². The van der Waals surface area contributed by atoms with E-state index >= 15 is 0 Å². The Morgan fingerprint density at radius 1 is 1.27 bits per heavy atom. The van der Waals surface area contributed by atoms with Crippen molar-refractivity contribution < 1.29 is 14.0 Å². The second-order valence-corrected chi connectivity index (χ2v) is 5.18. The number of hydrogen-bond acceptors (Lipinski definition) is 2. The molecule has 0 aliphatic heterocycles. The van der Waals surface area contributed by atoms with Crippen molar-refractivity contribution in [2.75, 3.05) is 6.61 Å². The molecule has 1 atom stereocenters. The fourth-order valence-corrected chi connectivity index (χ4v) is 2.75. The smallest absolute Gasteiger partial charge is 0.324 e. The van der Waals surface area contributed by atoms with Gasteiger partial charge in [-0.1, -0.05) is 31.2 Å². The van der Waals surface area contributed by atoms with Crippen LogP contribution in [0.4, 0.5) is 0 Å². The zero-order valence-electron chi connectivity index (χ0n) is 9.14. The summed E-state index contributed by atoms with van der Waals surface area (Å²) in [6.45, 7) is 4.01. The summed E-state index contributed by atoms with van der Waals surface area (Å²) in [5.74, 6) is 0. The van der Waals surface area contributed by atoms with Crippen LogP contribution in [0, 0.1) is 0 Å². The SMILES string of the molecule is CCOP(=O)(O)Cc1ccccc1CC. The fraction of sp³-hybridized carbons (Fsp3) is 0.455. The van der Waals surface area contributed by atoms with Crippen LogP contribution in [0.5, 0.6) is 0 Å². The predicted octanol–water partition coefficient (Wildman–Crippen LogP) is 2.97. The Bertz CT molecular complexity index is 363. The lowest BCUT2D eigenvalue weighted by atomic mass is 10.1. The summed E-state index contributed by atoms with van der Waals surface area (Å²) in [7, 11) is -3.45. The summed E-state index contributed by atoms with van der Waals surface area (Å²) in [4.78, 5) is 9.52. The molecule has 0 saturated heterocycles. The molecular weight excluding hydrogens is 211 g/mol. The molecule has 15 heavy (non-hydrogen) atoms. The largest absolute Gasteiger partial charge is 0.332 e. The van der Waals surface area contributed by atoms with Gasteiger partial charge in [0.15, 0.2) is 0 Å². The van der Waals surface area contributed by atoms with Gasteiger partial charge in [0.1, 0.15) is 0 Å². The number of benzene rings is 1. The third kappa shape index (κ3) is 3.78. The van der Waals surface area contributed by atoms with Gasteiger partial charge >= 0.3 is 7.60 Å². The molecule has 0 bridgehead atoms. The fourth-order valence-electron chi connectivity index (χ4n) is 1.52. The Hall–Kier alpha value is -0.630. The summed E-state index contributed by atoms with van der Waals surface area (Å²) in [6.07, 6.45) is 0.965. The molecular formula is C11H17O3P. The molecule has 84 valence electrons. The highest BCUT2D eigenvalue weighted by Gasteiger charge is 2.20. The van der Waals surface area contributed by atoms with E-state index in [2.05, 4.69) is 0 Å². The maximum atomic E-state index is 11.6. The van der Waals surface area contributed by atoms with E-state index in [1.807, 2.05) is 31.2 Å². The Balaban J connectivity index is 2.84. The van der Waals surface area contributed by atoms with Crippen molar-refractivity contribution in [2.24, 2.45) is 0 Å². The van der Waals surface area contributed by atoms with E-state index < -0.39 is 7.60 Å². The molecule has 0 aliphatic carbocycles. The van der Waals surface area contributed by atoms with E-state index in [1.165, 1.54) is 0 Å². The van der Waals surface area contributed by atoms with Crippen LogP contribution in [-0.2, 0) is 21.7 Å². The first-order chi connectivity index (χ1) is 7.09. The highest BCUT2D eigenvalue weighted by atomic mass is 31.2. The molecule has 0 heterocycles. The van der Waals surface area contributed by atoms with Crippen LogP contribution in [-0.4, -0.2) is 11.5 Å². The van der Waals surface area contributed by atoms with Crippen molar-refractivity contribution in [2.45, 2.75) is 26.4 Å². The minimum atomic E-state index is -3.45.